The lowest BCUT2D eigenvalue weighted by Gasteiger charge is -2.43. The summed E-state index contributed by atoms with van der Waals surface area (Å²) in [6, 6.07) is 15.7. The molecule has 0 radical (unpaired) electrons. The molecule has 0 aromatic heterocycles. The van der Waals surface area contributed by atoms with Gasteiger partial charge in [-0.15, -0.1) is 0 Å². The monoisotopic (exact) mass is 440 g/mol. The molecule has 1 saturated heterocycles. The summed E-state index contributed by atoms with van der Waals surface area (Å²) in [6.45, 7) is 3.82. The molecule has 3 unspecified atom stereocenters. The number of nitrogens with zero attached hydrogens (tertiary/aromatic N) is 1. The number of aliphatic hydroxyl groups excluding tert-OH is 1. The number of likely N-dealkylation sites (tertiary alicyclic amines) is 1. The number of nitrogens with one attached hydrogen (secondary N) is 2. The van der Waals surface area contributed by atoms with Crippen LogP contribution in [0.2, 0.25) is 0 Å². The number of hydrogen-bond donors (Lipinski definition) is 3. The maximum atomic E-state index is 13.2. The van der Waals surface area contributed by atoms with Gasteiger partial charge in [0.05, 0.1) is 18.8 Å². The van der Waals surface area contributed by atoms with Crippen molar-refractivity contribution >= 4 is 17.5 Å². The largest absolute Gasteiger partial charge is 0.364 e. The van der Waals surface area contributed by atoms with E-state index in [1.165, 1.54) is 12.7 Å². The molecule has 7 nitrogen and oxygen atoms in total. The van der Waals surface area contributed by atoms with Crippen LogP contribution in [0, 0.1) is 6.92 Å². The van der Waals surface area contributed by atoms with Crippen molar-refractivity contribution in [2.45, 2.75) is 32.0 Å². The van der Waals surface area contributed by atoms with Gasteiger partial charge in [-0.25, -0.2) is 0 Å². The Morgan fingerprint density at radius 1 is 1.12 bits per heavy atom. The van der Waals surface area contributed by atoms with Gasteiger partial charge in [-0.1, -0.05) is 48.5 Å². The summed E-state index contributed by atoms with van der Waals surface area (Å²) in [6.07, 6.45) is 0.861. The number of benzene rings is 2. The predicted molar refractivity (Wildman–Crippen MR) is 124 cm³/mol. The molecule has 2 aromatic rings. The minimum absolute atomic E-state index is 0.0714. The number of aliphatic hydroxyl groups is 1. The van der Waals surface area contributed by atoms with E-state index in [1.54, 1.807) is 13.1 Å². The second-order valence-electron chi connectivity index (χ2n) is 8.66. The number of ether oxygens (including phenoxy) is 1. The number of likely N-dealkylation sites (N-methyl/N-ethyl adjacent to an activating group) is 1. The molecule has 2 amide bonds. The molecule has 32 heavy (non-hydrogen) atoms. The highest BCUT2D eigenvalue weighted by Crippen LogP contribution is 2.32. The van der Waals surface area contributed by atoms with E-state index in [-0.39, 0.29) is 24.9 Å². The first kappa shape index (κ1) is 23.9. The number of rotatable bonds is 8. The molecule has 3 atom stereocenters. The highest BCUT2D eigenvalue weighted by Gasteiger charge is 2.39. The number of piperidine rings is 1. The van der Waals surface area contributed by atoms with Crippen LogP contribution in [-0.4, -0.2) is 61.7 Å². The highest BCUT2D eigenvalue weighted by molar-refractivity contribution is 5.93. The molecule has 1 aliphatic rings. The highest BCUT2D eigenvalue weighted by atomic mass is 16.6. The Bertz CT molecular complexity index is 934. The van der Waals surface area contributed by atoms with Gasteiger partial charge in [-0.05, 0) is 30.9 Å². The topological polar surface area (TPSA) is 87.7 Å². The molecular formula is C25H34N3O4+. The quantitative estimate of drug-likeness (QED) is 0.435. The maximum Gasteiger partial charge on any atom is 0.279 e. The second kappa shape index (κ2) is 10.7. The van der Waals surface area contributed by atoms with Gasteiger partial charge in [-0.3, -0.25) is 9.59 Å². The lowest BCUT2D eigenvalue weighted by Crippen LogP contribution is -2.60. The van der Waals surface area contributed by atoms with E-state index in [1.807, 2.05) is 37.3 Å². The summed E-state index contributed by atoms with van der Waals surface area (Å²) in [5, 5.41) is 15.9. The van der Waals surface area contributed by atoms with Gasteiger partial charge in [0, 0.05) is 25.6 Å². The third-order valence-electron chi connectivity index (χ3n) is 6.36. The first-order valence-electron chi connectivity index (χ1n) is 11.1. The molecule has 0 aliphatic carbocycles. The van der Waals surface area contributed by atoms with Gasteiger partial charge >= 0.3 is 0 Å². The third kappa shape index (κ3) is 5.73. The minimum Gasteiger partial charge on any atom is -0.364 e. The minimum atomic E-state index is -1.13. The normalized spacial score (nSPS) is 21.6. The first-order valence-corrected chi connectivity index (χ1v) is 11.1. The zero-order chi connectivity index (χ0) is 23.1. The lowest BCUT2D eigenvalue weighted by atomic mass is 9.89. The van der Waals surface area contributed by atoms with Crippen molar-refractivity contribution in [1.29, 1.82) is 0 Å². The van der Waals surface area contributed by atoms with E-state index in [9.17, 15) is 14.7 Å². The van der Waals surface area contributed by atoms with Crippen LogP contribution >= 0.6 is 0 Å². The van der Waals surface area contributed by atoms with Crippen molar-refractivity contribution in [1.82, 2.24) is 5.32 Å². The average molecular weight is 441 g/mol. The van der Waals surface area contributed by atoms with Gasteiger partial charge in [0.1, 0.15) is 0 Å². The van der Waals surface area contributed by atoms with E-state index in [4.69, 9.17) is 4.74 Å². The van der Waals surface area contributed by atoms with Crippen LogP contribution in [0.15, 0.2) is 48.5 Å². The first-order chi connectivity index (χ1) is 15.4. The Morgan fingerprint density at radius 2 is 1.84 bits per heavy atom. The van der Waals surface area contributed by atoms with Crippen LogP contribution in [0.3, 0.4) is 0 Å². The standard InChI is InChI=1S/C25H33N3O4/c1-18-9-7-13-21(25(31)32-3)24(18)27-23(30)17-28(16-22(29)26-2)14-8-12-20(15-28)19-10-5-4-6-11-19/h4-7,9-11,13,20,25,31H,8,12,14-17H2,1-3H3,(H-,26,27,29,30)/p+1. The number of anilines is 1. The van der Waals surface area contributed by atoms with Crippen molar-refractivity contribution in [3.63, 3.8) is 0 Å². The van der Waals surface area contributed by atoms with E-state index in [2.05, 4.69) is 22.8 Å². The average Bonchev–Trinajstić information content (AvgIpc) is 2.80. The summed E-state index contributed by atoms with van der Waals surface area (Å²) < 4.78 is 5.46. The molecule has 2 aromatic carbocycles. The van der Waals surface area contributed by atoms with Gasteiger partial charge < -0.3 is 25.0 Å². The number of carbonyl (C=O) groups is 2. The number of carbonyl (C=O) groups excluding carboxylic acids is 2. The van der Waals surface area contributed by atoms with Crippen molar-refractivity contribution in [3.05, 3.63) is 65.2 Å². The number of para-hydroxylation sites is 1. The van der Waals surface area contributed by atoms with E-state index in [0.717, 1.165) is 31.5 Å². The fourth-order valence-corrected chi connectivity index (χ4v) is 4.72. The van der Waals surface area contributed by atoms with Gasteiger partial charge in [-0.2, -0.15) is 0 Å². The fraction of sp³-hybridized carbons (Fsp3) is 0.440. The Kier molecular flexibility index (Phi) is 8.01. The van der Waals surface area contributed by atoms with E-state index >= 15 is 0 Å². The zero-order valence-electron chi connectivity index (χ0n) is 19.1. The zero-order valence-corrected chi connectivity index (χ0v) is 19.1. The molecule has 172 valence electrons. The lowest BCUT2D eigenvalue weighted by molar-refractivity contribution is -0.919. The van der Waals surface area contributed by atoms with Crippen LogP contribution < -0.4 is 10.6 Å². The summed E-state index contributed by atoms with van der Waals surface area (Å²) in [7, 11) is 3.04. The summed E-state index contributed by atoms with van der Waals surface area (Å²) in [5.41, 5.74) is 3.16. The summed E-state index contributed by atoms with van der Waals surface area (Å²) in [4.78, 5) is 25.6. The van der Waals surface area contributed by atoms with E-state index in [0.29, 0.717) is 21.7 Å². The van der Waals surface area contributed by atoms with E-state index < -0.39 is 6.29 Å². The molecule has 0 bridgehead atoms. The molecule has 1 fully saturated rings. The fourth-order valence-electron chi connectivity index (χ4n) is 4.72. The van der Waals surface area contributed by atoms with Crippen molar-refractivity contribution in [2.75, 3.05) is 45.7 Å². The van der Waals surface area contributed by atoms with Crippen molar-refractivity contribution in [3.8, 4) is 0 Å². The molecule has 0 spiro atoms. The number of quaternary nitrogens is 1. The SMILES string of the molecule is CNC(=O)C[N+]1(CC(=O)Nc2c(C)cccc2C(O)OC)CCCC(c2ccccc2)C1. The second-order valence-corrected chi connectivity index (χ2v) is 8.66. The van der Waals surface area contributed by atoms with Crippen molar-refractivity contribution < 1.29 is 23.9 Å². The van der Waals surface area contributed by atoms with Gasteiger partial charge in [0.2, 0.25) is 0 Å². The number of aryl methyl sites for hydroxylation is 1. The smallest absolute Gasteiger partial charge is 0.279 e. The van der Waals surface area contributed by atoms with Crippen molar-refractivity contribution in [2.24, 2.45) is 0 Å². The Morgan fingerprint density at radius 3 is 2.53 bits per heavy atom. The molecule has 1 aliphatic heterocycles. The Balaban J connectivity index is 1.83. The molecule has 3 N–H and O–H groups in total. The van der Waals surface area contributed by atoms with Crippen LogP contribution in [0.25, 0.3) is 0 Å². The van der Waals surface area contributed by atoms with Crippen LogP contribution in [-0.2, 0) is 14.3 Å². The predicted octanol–water partition coefficient (Wildman–Crippen LogP) is 2.71. The number of amides is 2. The molecular weight excluding hydrogens is 406 g/mol. The summed E-state index contributed by atoms with van der Waals surface area (Å²) >= 11 is 0. The van der Waals surface area contributed by atoms with Crippen LogP contribution in [0.1, 0.15) is 41.7 Å². The molecule has 0 saturated carbocycles. The Labute approximate surface area is 190 Å². The number of methoxy groups -OCH3 is 1. The molecule has 3 rings (SSSR count). The van der Waals surface area contributed by atoms with Gasteiger partial charge in [0.15, 0.2) is 19.4 Å². The maximum absolute atomic E-state index is 13.2. The van der Waals surface area contributed by atoms with Gasteiger partial charge in [0.25, 0.3) is 11.8 Å². The summed E-state index contributed by atoms with van der Waals surface area (Å²) in [5.74, 6) is 0.0473. The van der Waals surface area contributed by atoms with Crippen LogP contribution in [0.5, 0.6) is 0 Å². The Hall–Kier alpha value is -2.74. The molecule has 1 heterocycles. The number of hydrogen-bond acceptors (Lipinski definition) is 4. The van der Waals surface area contributed by atoms with Crippen LogP contribution in [0.4, 0.5) is 5.69 Å². The third-order valence-corrected chi connectivity index (χ3v) is 6.36. The molecule has 7 heteroatoms.